The van der Waals surface area contributed by atoms with Crippen molar-refractivity contribution in [1.82, 2.24) is 0 Å². The number of hydrogen-bond donors (Lipinski definition) is 0. The first-order chi connectivity index (χ1) is 10.2. The van der Waals surface area contributed by atoms with Gasteiger partial charge in [0.2, 0.25) is 0 Å². The van der Waals surface area contributed by atoms with Crippen molar-refractivity contribution in [3.05, 3.63) is 29.3 Å². The molecule has 0 fully saturated rings. The van der Waals surface area contributed by atoms with Gasteiger partial charge in [0.1, 0.15) is 5.75 Å². The van der Waals surface area contributed by atoms with Crippen molar-refractivity contribution < 1.29 is 4.74 Å². The molecule has 0 bridgehead atoms. The highest BCUT2D eigenvalue weighted by Crippen LogP contribution is 2.19. The molecule has 0 aliphatic heterocycles. The standard InChI is InChI=1S/C20H34O/c1-4-5-6-7-8-9-10-11-12-13-16-21-20-15-14-18(2)17-19(20)3/h14-15,17H,4-13,16H2,1-3H3. The fraction of sp³-hybridized carbons (Fsp3) is 0.700. The van der Waals surface area contributed by atoms with Gasteiger partial charge in [-0.15, -0.1) is 0 Å². The largest absolute Gasteiger partial charge is 0.493 e. The van der Waals surface area contributed by atoms with Crippen molar-refractivity contribution in [3.8, 4) is 5.75 Å². The maximum absolute atomic E-state index is 5.86. The maximum Gasteiger partial charge on any atom is 0.122 e. The SMILES string of the molecule is CCCCCCCCCCCCOc1ccc(C)cc1C. The first-order valence-electron chi connectivity index (χ1n) is 8.94. The average Bonchev–Trinajstić information content (AvgIpc) is 2.46. The lowest BCUT2D eigenvalue weighted by Gasteiger charge is -2.09. The highest BCUT2D eigenvalue weighted by Gasteiger charge is 1.99. The van der Waals surface area contributed by atoms with Crippen molar-refractivity contribution in [2.75, 3.05) is 6.61 Å². The predicted octanol–water partition coefficient (Wildman–Crippen LogP) is 6.60. The first-order valence-corrected chi connectivity index (χ1v) is 8.94. The molecule has 0 amide bonds. The van der Waals surface area contributed by atoms with Crippen LogP contribution >= 0.6 is 0 Å². The molecule has 1 heteroatoms. The van der Waals surface area contributed by atoms with Crippen LogP contribution in [0.3, 0.4) is 0 Å². The molecule has 120 valence electrons. The van der Waals surface area contributed by atoms with E-state index in [-0.39, 0.29) is 0 Å². The first kappa shape index (κ1) is 18.1. The van der Waals surface area contributed by atoms with E-state index in [9.17, 15) is 0 Å². The van der Waals surface area contributed by atoms with E-state index in [1.54, 1.807) is 0 Å². The molecule has 0 unspecified atom stereocenters. The van der Waals surface area contributed by atoms with E-state index in [2.05, 4.69) is 39.0 Å². The minimum Gasteiger partial charge on any atom is -0.493 e. The quantitative estimate of drug-likeness (QED) is 0.394. The van der Waals surface area contributed by atoms with Crippen LogP contribution in [-0.4, -0.2) is 6.61 Å². The second-order valence-corrected chi connectivity index (χ2v) is 6.30. The number of ether oxygens (including phenoxy) is 1. The molecule has 0 spiro atoms. The van der Waals surface area contributed by atoms with E-state index in [4.69, 9.17) is 4.74 Å². The molecule has 1 nitrogen and oxygen atoms in total. The van der Waals surface area contributed by atoms with Crippen LogP contribution in [0.15, 0.2) is 18.2 Å². The number of aryl methyl sites for hydroxylation is 2. The van der Waals surface area contributed by atoms with E-state index in [1.807, 2.05) is 0 Å². The molecule has 0 aliphatic carbocycles. The smallest absolute Gasteiger partial charge is 0.122 e. The van der Waals surface area contributed by atoms with Gasteiger partial charge in [0.15, 0.2) is 0 Å². The zero-order valence-electron chi connectivity index (χ0n) is 14.4. The lowest BCUT2D eigenvalue weighted by atomic mass is 10.1. The number of hydrogen-bond acceptors (Lipinski definition) is 1. The summed E-state index contributed by atoms with van der Waals surface area (Å²) < 4.78 is 5.86. The molecular formula is C20H34O. The summed E-state index contributed by atoms with van der Waals surface area (Å²) >= 11 is 0. The molecule has 0 saturated heterocycles. The third-order valence-electron chi connectivity index (χ3n) is 4.09. The van der Waals surface area contributed by atoms with Gasteiger partial charge in [-0.1, -0.05) is 82.4 Å². The molecule has 1 aromatic rings. The van der Waals surface area contributed by atoms with Gasteiger partial charge in [0.05, 0.1) is 6.61 Å². The molecule has 0 aromatic heterocycles. The Kier molecular flexibility index (Phi) is 10.0. The number of rotatable bonds is 12. The van der Waals surface area contributed by atoms with Gasteiger partial charge in [0, 0.05) is 0 Å². The van der Waals surface area contributed by atoms with E-state index in [1.165, 1.54) is 75.3 Å². The normalized spacial score (nSPS) is 10.8. The van der Waals surface area contributed by atoms with E-state index in [0.29, 0.717) is 0 Å². The van der Waals surface area contributed by atoms with E-state index < -0.39 is 0 Å². The van der Waals surface area contributed by atoms with Crippen LogP contribution in [0.5, 0.6) is 5.75 Å². The van der Waals surface area contributed by atoms with Crippen molar-refractivity contribution in [3.63, 3.8) is 0 Å². The summed E-state index contributed by atoms with van der Waals surface area (Å²) in [4.78, 5) is 0. The molecule has 0 aliphatic rings. The summed E-state index contributed by atoms with van der Waals surface area (Å²) in [5.41, 5.74) is 2.56. The second kappa shape index (κ2) is 11.7. The summed E-state index contributed by atoms with van der Waals surface area (Å²) in [7, 11) is 0. The van der Waals surface area contributed by atoms with Crippen LogP contribution in [0.25, 0.3) is 0 Å². The van der Waals surface area contributed by atoms with Crippen molar-refractivity contribution >= 4 is 0 Å². The Bertz CT molecular complexity index is 370. The van der Waals surface area contributed by atoms with Crippen LogP contribution in [0.1, 0.15) is 82.3 Å². The number of benzene rings is 1. The van der Waals surface area contributed by atoms with Gasteiger partial charge < -0.3 is 4.74 Å². The molecule has 0 saturated carbocycles. The summed E-state index contributed by atoms with van der Waals surface area (Å²) in [6.07, 6.45) is 13.7. The fourth-order valence-corrected chi connectivity index (χ4v) is 2.73. The summed E-state index contributed by atoms with van der Waals surface area (Å²) in [6.45, 7) is 7.39. The van der Waals surface area contributed by atoms with Gasteiger partial charge in [-0.3, -0.25) is 0 Å². The Labute approximate surface area is 132 Å². The van der Waals surface area contributed by atoms with Crippen LogP contribution in [0.2, 0.25) is 0 Å². The molecule has 1 rings (SSSR count). The predicted molar refractivity (Wildman–Crippen MR) is 93.3 cm³/mol. The molecule has 21 heavy (non-hydrogen) atoms. The van der Waals surface area contributed by atoms with Crippen LogP contribution in [0.4, 0.5) is 0 Å². The van der Waals surface area contributed by atoms with E-state index in [0.717, 1.165) is 12.4 Å². The number of unbranched alkanes of at least 4 members (excludes halogenated alkanes) is 9. The Balaban J connectivity index is 1.93. The fourth-order valence-electron chi connectivity index (χ4n) is 2.73. The Hall–Kier alpha value is -0.980. The molecule has 0 radical (unpaired) electrons. The highest BCUT2D eigenvalue weighted by molar-refractivity contribution is 5.35. The van der Waals surface area contributed by atoms with Crippen LogP contribution < -0.4 is 4.74 Å². The van der Waals surface area contributed by atoms with Crippen LogP contribution in [-0.2, 0) is 0 Å². The molecule has 0 atom stereocenters. The molecule has 0 N–H and O–H groups in total. The minimum absolute atomic E-state index is 0.862. The van der Waals surface area contributed by atoms with Crippen LogP contribution in [0, 0.1) is 13.8 Å². The monoisotopic (exact) mass is 290 g/mol. The maximum atomic E-state index is 5.86. The lowest BCUT2D eigenvalue weighted by Crippen LogP contribution is -1.99. The highest BCUT2D eigenvalue weighted by atomic mass is 16.5. The summed E-state index contributed by atoms with van der Waals surface area (Å²) in [6, 6.07) is 6.41. The molecular weight excluding hydrogens is 256 g/mol. The lowest BCUT2D eigenvalue weighted by molar-refractivity contribution is 0.302. The summed E-state index contributed by atoms with van der Waals surface area (Å²) in [5, 5.41) is 0. The van der Waals surface area contributed by atoms with Crippen molar-refractivity contribution in [2.24, 2.45) is 0 Å². The van der Waals surface area contributed by atoms with Gasteiger partial charge in [-0.25, -0.2) is 0 Å². The average molecular weight is 290 g/mol. The van der Waals surface area contributed by atoms with Gasteiger partial charge in [-0.2, -0.15) is 0 Å². The third-order valence-corrected chi connectivity index (χ3v) is 4.09. The summed E-state index contributed by atoms with van der Waals surface area (Å²) in [5.74, 6) is 1.05. The third kappa shape index (κ3) is 8.80. The minimum atomic E-state index is 0.862. The molecule has 0 heterocycles. The Morgan fingerprint density at radius 3 is 1.90 bits per heavy atom. The Morgan fingerprint density at radius 1 is 0.762 bits per heavy atom. The van der Waals surface area contributed by atoms with Crippen molar-refractivity contribution in [1.29, 1.82) is 0 Å². The second-order valence-electron chi connectivity index (χ2n) is 6.30. The van der Waals surface area contributed by atoms with E-state index >= 15 is 0 Å². The zero-order valence-corrected chi connectivity index (χ0v) is 14.4. The van der Waals surface area contributed by atoms with Crippen molar-refractivity contribution in [2.45, 2.75) is 85.0 Å². The topological polar surface area (TPSA) is 9.23 Å². The van der Waals surface area contributed by atoms with Gasteiger partial charge in [-0.05, 0) is 31.9 Å². The van der Waals surface area contributed by atoms with Gasteiger partial charge in [0.25, 0.3) is 0 Å². The molecule has 1 aromatic carbocycles. The Morgan fingerprint density at radius 2 is 1.33 bits per heavy atom. The van der Waals surface area contributed by atoms with Gasteiger partial charge >= 0.3 is 0 Å². The zero-order chi connectivity index (χ0) is 15.3.